The minimum atomic E-state index is -5.24. The highest BCUT2D eigenvalue weighted by atomic mass is 32.2. The normalized spacial score (nSPS) is 24.5. The molecule has 1 aromatic carbocycles. The Morgan fingerprint density at radius 1 is 1.29 bits per heavy atom. The number of hydrogen-bond acceptors (Lipinski definition) is 5. The molecule has 2 aromatic rings. The van der Waals surface area contributed by atoms with Crippen molar-refractivity contribution in [3.8, 4) is 0 Å². The van der Waals surface area contributed by atoms with Crippen LogP contribution >= 0.6 is 0 Å². The zero-order valence-electron chi connectivity index (χ0n) is 16.9. The van der Waals surface area contributed by atoms with Gasteiger partial charge < -0.3 is 5.32 Å². The lowest BCUT2D eigenvalue weighted by Crippen LogP contribution is -2.65. The molecule has 9 nitrogen and oxygen atoms in total. The summed E-state index contributed by atoms with van der Waals surface area (Å²) < 4.78 is 68.8. The van der Waals surface area contributed by atoms with Crippen LogP contribution in [0.4, 0.5) is 19.1 Å². The van der Waals surface area contributed by atoms with Gasteiger partial charge in [-0.25, -0.2) is 13.4 Å². The number of carbonyl (C=O) groups excluding carboxylic acids is 2. The number of nitrogens with zero attached hydrogens (tertiary/aromatic N) is 3. The number of aromatic nitrogens is 2. The highest BCUT2D eigenvalue weighted by Gasteiger charge is 2.68. The molecular weight excluding hydrogens is 439 g/mol. The average molecular weight is 459 g/mol. The van der Waals surface area contributed by atoms with E-state index in [0.29, 0.717) is 16.6 Å². The number of anilines is 1. The van der Waals surface area contributed by atoms with Crippen molar-refractivity contribution < 1.29 is 31.2 Å². The maximum Gasteiger partial charge on any atom is 0.440 e. The number of rotatable bonds is 3. The Morgan fingerprint density at radius 2 is 1.94 bits per heavy atom. The molecule has 2 unspecified atom stereocenters. The Bertz CT molecular complexity index is 1220. The second-order valence-electron chi connectivity index (χ2n) is 7.88. The molecule has 1 aromatic heterocycles. The van der Waals surface area contributed by atoms with Gasteiger partial charge in [-0.2, -0.15) is 17.5 Å². The first-order chi connectivity index (χ1) is 14.3. The Balaban J connectivity index is 1.87. The lowest BCUT2D eigenvalue weighted by atomic mass is 10.1. The van der Waals surface area contributed by atoms with Gasteiger partial charge in [-0.3, -0.25) is 19.5 Å². The summed E-state index contributed by atoms with van der Waals surface area (Å²) in [6.45, 7) is 3.49. The predicted molar refractivity (Wildman–Crippen MR) is 105 cm³/mol. The third kappa shape index (κ3) is 3.09. The van der Waals surface area contributed by atoms with E-state index in [-0.39, 0.29) is 29.9 Å². The zero-order valence-corrected chi connectivity index (χ0v) is 17.7. The molecule has 2 atom stereocenters. The van der Waals surface area contributed by atoms with Gasteiger partial charge in [0.15, 0.2) is 0 Å². The summed E-state index contributed by atoms with van der Waals surface area (Å²) in [5.74, 6) is -3.07. The molecule has 1 saturated heterocycles. The van der Waals surface area contributed by atoms with Crippen LogP contribution in [-0.4, -0.2) is 59.1 Å². The molecule has 0 spiro atoms. The Kier molecular flexibility index (Phi) is 4.63. The molecule has 2 amide bonds. The van der Waals surface area contributed by atoms with Crippen molar-refractivity contribution in [2.75, 3.05) is 18.1 Å². The number of halogens is 3. The number of nitrogens with one attached hydrogen (secondary N) is 2. The van der Waals surface area contributed by atoms with Gasteiger partial charge in [-0.05, 0) is 49.9 Å². The molecule has 2 aliphatic rings. The van der Waals surface area contributed by atoms with E-state index in [2.05, 4.69) is 10.3 Å². The van der Waals surface area contributed by atoms with E-state index in [9.17, 15) is 31.2 Å². The molecule has 4 rings (SSSR count). The molecule has 31 heavy (non-hydrogen) atoms. The highest BCUT2D eigenvalue weighted by molar-refractivity contribution is 7.88. The summed E-state index contributed by atoms with van der Waals surface area (Å²) in [6.07, 6.45) is -4.00. The summed E-state index contributed by atoms with van der Waals surface area (Å²) in [4.78, 5) is 29.6. The summed E-state index contributed by atoms with van der Waals surface area (Å²) in [5, 5.41) is 3.94. The van der Waals surface area contributed by atoms with E-state index in [1.165, 1.54) is 6.07 Å². The van der Waals surface area contributed by atoms with Gasteiger partial charge in [0.2, 0.25) is 21.9 Å². The van der Waals surface area contributed by atoms with Crippen molar-refractivity contribution >= 4 is 38.8 Å². The van der Waals surface area contributed by atoms with Gasteiger partial charge in [-0.15, -0.1) is 0 Å². The Hall–Kier alpha value is -2.67. The molecule has 1 fully saturated rings. The zero-order chi connectivity index (χ0) is 22.9. The number of benzene rings is 1. The fraction of sp³-hybridized carbons (Fsp3) is 0.500. The number of aryl methyl sites for hydroxylation is 2. The summed E-state index contributed by atoms with van der Waals surface area (Å²) in [7, 11) is -3.82. The lowest BCUT2D eigenvalue weighted by Gasteiger charge is -2.33. The molecule has 0 bridgehead atoms. The van der Waals surface area contributed by atoms with Crippen LogP contribution in [0.15, 0.2) is 12.1 Å². The van der Waals surface area contributed by atoms with Gasteiger partial charge >= 0.3 is 6.18 Å². The van der Waals surface area contributed by atoms with Crippen molar-refractivity contribution in [3.05, 3.63) is 23.3 Å². The third-order valence-corrected chi connectivity index (χ3v) is 7.09. The second kappa shape index (κ2) is 6.66. The minimum Gasteiger partial charge on any atom is -0.316 e. The van der Waals surface area contributed by atoms with Crippen molar-refractivity contribution in [2.24, 2.45) is 0 Å². The quantitative estimate of drug-likeness (QED) is 0.720. The van der Waals surface area contributed by atoms with E-state index in [0.717, 1.165) is 16.1 Å². The first-order valence-electron chi connectivity index (χ1n) is 9.44. The van der Waals surface area contributed by atoms with Crippen LogP contribution in [0.1, 0.15) is 24.0 Å². The third-order valence-electron chi connectivity index (χ3n) is 5.81. The summed E-state index contributed by atoms with van der Waals surface area (Å²) in [5.41, 5.74) is -1.75. The largest absolute Gasteiger partial charge is 0.440 e. The smallest absolute Gasteiger partial charge is 0.316 e. The number of sulfonamides is 1. The van der Waals surface area contributed by atoms with Crippen molar-refractivity contribution in [1.82, 2.24) is 19.2 Å². The molecule has 2 aliphatic heterocycles. The Morgan fingerprint density at radius 3 is 2.55 bits per heavy atom. The first-order valence-corrected chi connectivity index (χ1v) is 11.3. The molecule has 2 N–H and O–H groups in total. The fourth-order valence-electron chi connectivity index (χ4n) is 4.15. The van der Waals surface area contributed by atoms with E-state index < -0.39 is 39.7 Å². The van der Waals surface area contributed by atoms with Gasteiger partial charge in [0, 0.05) is 6.54 Å². The molecule has 0 saturated carbocycles. The summed E-state index contributed by atoms with van der Waals surface area (Å²) >= 11 is 0. The van der Waals surface area contributed by atoms with Crippen LogP contribution in [0.3, 0.4) is 0 Å². The molecule has 0 radical (unpaired) electrons. The predicted octanol–water partition coefficient (Wildman–Crippen LogP) is 1.36. The fourth-order valence-corrected chi connectivity index (χ4v) is 5.27. The van der Waals surface area contributed by atoms with Crippen LogP contribution in [0.5, 0.6) is 0 Å². The monoisotopic (exact) mass is 459 g/mol. The first kappa shape index (κ1) is 21.6. The van der Waals surface area contributed by atoms with E-state index in [1.54, 1.807) is 19.9 Å². The number of imidazole rings is 1. The van der Waals surface area contributed by atoms with E-state index >= 15 is 0 Å². The number of carbonyl (C=O) groups is 2. The van der Waals surface area contributed by atoms with E-state index in [4.69, 9.17) is 0 Å². The molecule has 0 aliphatic carbocycles. The maximum atomic E-state index is 14.5. The summed E-state index contributed by atoms with van der Waals surface area (Å²) in [6, 6.07) is 1.71. The molecule has 13 heteroatoms. The number of alkyl halides is 3. The SMILES string of the molecule is Cc1cc2nc3n(c2cc1C)C(NC(=O)C1CCCN1S(C)(=O)=O)(C(F)(F)F)C(=O)N3. The topological polar surface area (TPSA) is 113 Å². The van der Waals surface area contributed by atoms with Crippen molar-refractivity contribution in [3.63, 3.8) is 0 Å². The standard InChI is InChI=1S/C18H20F3N5O4S/c1-9-7-11-13(8-10(9)2)26-16(22-11)23-15(28)17(26,18(19,20)21)24-14(27)12-5-4-6-25(12)31(3,29)30/h7-8,12H,4-6H2,1-3H3,(H,24,27)(H,22,23,28). The van der Waals surface area contributed by atoms with Gasteiger partial charge in [-0.1, -0.05) is 0 Å². The maximum absolute atomic E-state index is 14.5. The van der Waals surface area contributed by atoms with Crippen LogP contribution in [-0.2, 0) is 25.3 Å². The second-order valence-corrected chi connectivity index (χ2v) is 9.81. The average Bonchev–Trinajstić information content (AvgIpc) is 3.30. The highest BCUT2D eigenvalue weighted by Crippen LogP contribution is 2.44. The molecular formula is C18H20F3N5O4S. The van der Waals surface area contributed by atoms with Crippen LogP contribution in [0, 0.1) is 13.8 Å². The van der Waals surface area contributed by atoms with E-state index in [1.807, 2.05) is 5.32 Å². The van der Waals surface area contributed by atoms with Gasteiger partial charge in [0.25, 0.3) is 11.6 Å². The van der Waals surface area contributed by atoms with Gasteiger partial charge in [0.05, 0.1) is 17.3 Å². The number of hydrogen-bond donors (Lipinski definition) is 2. The minimum absolute atomic E-state index is 0.0138. The van der Waals surface area contributed by atoms with Crippen LogP contribution in [0.2, 0.25) is 0 Å². The Labute approximate surface area is 175 Å². The number of fused-ring (bicyclic) bond motifs is 3. The van der Waals surface area contributed by atoms with Crippen LogP contribution < -0.4 is 10.6 Å². The van der Waals surface area contributed by atoms with Gasteiger partial charge in [0.1, 0.15) is 6.04 Å². The van der Waals surface area contributed by atoms with Crippen molar-refractivity contribution in [2.45, 2.75) is 44.6 Å². The van der Waals surface area contributed by atoms with Crippen molar-refractivity contribution in [1.29, 1.82) is 0 Å². The molecule has 3 heterocycles. The lowest BCUT2D eigenvalue weighted by molar-refractivity contribution is -0.218. The number of amides is 2. The van der Waals surface area contributed by atoms with Crippen LogP contribution in [0.25, 0.3) is 11.0 Å². The molecule has 168 valence electrons.